The van der Waals surface area contributed by atoms with E-state index in [1.54, 1.807) is 0 Å². The van der Waals surface area contributed by atoms with Crippen LogP contribution in [-0.2, 0) is 0 Å². The van der Waals surface area contributed by atoms with Crippen LogP contribution in [0.25, 0.3) is 5.57 Å². The van der Waals surface area contributed by atoms with Gasteiger partial charge in [0, 0.05) is 5.69 Å². The normalized spacial score (nSPS) is 15.9. The highest BCUT2D eigenvalue weighted by molar-refractivity contribution is 5.72. The van der Waals surface area contributed by atoms with Gasteiger partial charge in [-0.25, -0.2) is 0 Å². The van der Waals surface area contributed by atoms with E-state index in [1.165, 1.54) is 36.0 Å². The van der Waals surface area contributed by atoms with E-state index < -0.39 is 0 Å². The smallest absolute Gasteiger partial charge is 0.0320 e. The van der Waals surface area contributed by atoms with Crippen molar-refractivity contribution >= 4 is 11.3 Å². The molecule has 1 nitrogen and oxygen atoms in total. The van der Waals surface area contributed by atoms with Crippen LogP contribution in [0.15, 0.2) is 24.3 Å². The third-order valence-electron chi connectivity index (χ3n) is 2.65. The highest BCUT2D eigenvalue weighted by Gasteiger charge is 2.09. The minimum absolute atomic E-state index is 0.869. The van der Waals surface area contributed by atoms with Crippen LogP contribution in [0.2, 0.25) is 0 Å². The molecule has 0 saturated heterocycles. The first-order valence-corrected chi connectivity index (χ1v) is 4.83. The van der Waals surface area contributed by atoms with Gasteiger partial charge in [-0.05, 0) is 55.0 Å². The van der Waals surface area contributed by atoms with Crippen LogP contribution in [0.4, 0.5) is 5.69 Å². The average molecular weight is 173 g/mol. The molecule has 1 aliphatic rings. The lowest BCUT2D eigenvalue weighted by molar-refractivity contribution is 0.935. The molecule has 0 bridgehead atoms. The van der Waals surface area contributed by atoms with Crippen molar-refractivity contribution in [1.29, 1.82) is 0 Å². The fourth-order valence-corrected chi connectivity index (χ4v) is 1.90. The van der Waals surface area contributed by atoms with E-state index in [-0.39, 0.29) is 0 Å². The number of rotatable bonds is 1. The number of nitrogens with two attached hydrogens (primary N) is 1. The van der Waals surface area contributed by atoms with Crippen molar-refractivity contribution in [1.82, 2.24) is 0 Å². The van der Waals surface area contributed by atoms with E-state index >= 15 is 0 Å². The van der Waals surface area contributed by atoms with E-state index in [0.29, 0.717) is 0 Å². The molecule has 0 heterocycles. The molecule has 1 aromatic rings. The first kappa shape index (κ1) is 8.36. The molecule has 0 aliphatic heterocycles. The first-order chi connectivity index (χ1) is 6.27. The number of aryl methyl sites for hydroxylation is 1. The molecule has 0 saturated carbocycles. The van der Waals surface area contributed by atoms with Gasteiger partial charge in [-0.3, -0.25) is 0 Å². The predicted octanol–water partition coefficient (Wildman–Crippen LogP) is 3.14. The second-order valence-corrected chi connectivity index (χ2v) is 3.70. The molecule has 1 aliphatic carbocycles. The van der Waals surface area contributed by atoms with Crippen LogP contribution in [0.3, 0.4) is 0 Å². The highest BCUT2D eigenvalue weighted by Crippen LogP contribution is 2.30. The summed E-state index contributed by atoms with van der Waals surface area (Å²) in [7, 11) is 0. The molecule has 0 spiro atoms. The van der Waals surface area contributed by atoms with E-state index in [1.807, 2.05) is 6.07 Å². The van der Waals surface area contributed by atoms with Gasteiger partial charge in [0.1, 0.15) is 0 Å². The largest absolute Gasteiger partial charge is 0.399 e. The van der Waals surface area contributed by atoms with Crippen molar-refractivity contribution in [3.63, 3.8) is 0 Å². The molecule has 0 aromatic heterocycles. The van der Waals surface area contributed by atoms with Crippen molar-refractivity contribution in [3.05, 3.63) is 35.4 Å². The quantitative estimate of drug-likeness (QED) is 0.649. The molecule has 0 amide bonds. The van der Waals surface area contributed by atoms with Crippen LogP contribution in [0, 0.1) is 6.92 Å². The molecule has 1 heteroatoms. The summed E-state index contributed by atoms with van der Waals surface area (Å²) >= 11 is 0. The average Bonchev–Trinajstić information content (AvgIpc) is 2.61. The lowest BCUT2D eigenvalue weighted by Gasteiger charge is -2.07. The molecule has 0 atom stereocenters. The zero-order valence-corrected chi connectivity index (χ0v) is 8.01. The van der Waals surface area contributed by atoms with Crippen LogP contribution < -0.4 is 5.73 Å². The Morgan fingerprint density at radius 2 is 2.15 bits per heavy atom. The van der Waals surface area contributed by atoms with Crippen molar-refractivity contribution in [2.75, 3.05) is 5.73 Å². The summed E-state index contributed by atoms with van der Waals surface area (Å²) in [4.78, 5) is 0. The minimum Gasteiger partial charge on any atom is -0.399 e. The SMILES string of the molecule is Cc1ccc(N)cc1C1=CCCC1. The number of anilines is 1. The van der Waals surface area contributed by atoms with Crippen LogP contribution in [0.5, 0.6) is 0 Å². The number of allylic oxidation sites excluding steroid dienone is 2. The Hall–Kier alpha value is -1.24. The molecule has 0 radical (unpaired) electrons. The first-order valence-electron chi connectivity index (χ1n) is 4.83. The summed E-state index contributed by atoms with van der Waals surface area (Å²) in [5.41, 5.74) is 10.8. The third kappa shape index (κ3) is 1.59. The van der Waals surface area contributed by atoms with Gasteiger partial charge < -0.3 is 5.73 Å². The zero-order chi connectivity index (χ0) is 9.26. The zero-order valence-electron chi connectivity index (χ0n) is 8.01. The van der Waals surface area contributed by atoms with Gasteiger partial charge in [0.25, 0.3) is 0 Å². The summed E-state index contributed by atoms with van der Waals surface area (Å²) in [5.74, 6) is 0. The molecule has 13 heavy (non-hydrogen) atoms. The number of benzene rings is 1. The Kier molecular flexibility index (Phi) is 2.09. The molecule has 68 valence electrons. The van der Waals surface area contributed by atoms with Gasteiger partial charge in [-0.1, -0.05) is 12.1 Å². The van der Waals surface area contributed by atoms with E-state index in [4.69, 9.17) is 5.73 Å². The van der Waals surface area contributed by atoms with E-state index in [0.717, 1.165) is 5.69 Å². The number of nitrogen functional groups attached to an aromatic ring is 1. The molecular weight excluding hydrogens is 158 g/mol. The second kappa shape index (κ2) is 3.25. The van der Waals surface area contributed by atoms with Gasteiger partial charge in [-0.15, -0.1) is 0 Å². The molecular formula is C12H15N. The Morgan fingerprint density at radius 3 is 2.85 bits per heavy atom. The maximum absolute atomic E-state index is 5.77. The lowest BCUT2D eigenvalue weighted by atomic mass is 9.99. The summed E-state index contributed by atoms with van der Waals surface area (Å²) in [6, 6.07) is 6.16. The fourth-order valence-electron chi connectivity index (χ4n) is 1.90. The standard InChI is InChI=1S/C12H15N/c1-9-6-7-11(13)8-12(9)10-4-2-3-5-10/h4,6-8H,2-3,5,13H2,1H3. The Morgan fingerprint density at radius 1 is 1.31 bits per heavy atom. The third-order valence-corrected chi connectivity index (χ3v) is 2.65. The van der Waals surface area contributed by atoms with Gasteiger partial charge in [-0.2, -0.15) is 0 Å². The van der Waals surface area contributed by atoms with Crippen LogP contribution in [0.1, 0.15) is 30.4 Å². The fraction of sp³-hybridized carbons (Fsp3) is 0.333. The Bertz CT molecular complexity index is 350. The highest BCUT2D eigenvalue weighted by atomic mass is 14.5. The maximum Gasteiger partial charge on any atom is 0.0320 e. The van der Waals surface area contributed by atoms with Crippen molar-refractivity contribution in [2.24, 2.45) is 0 Å². The van der Waals surface area contributed by atoms with Gasteiger partial charge in [0.05, 0.1) is 0 Å². The number of hydrogen-bond acceptors (Lipinski definition) is 1. The minimum atomic E-state index is 0.869. The summed E-state index contributed by atoms with van der Waals surface area (Å²) in [6.07, 6.45) is 6.07. The topological polar surface area (TPSA) is 26.0 Å². The monoisotopic (exact) mass is 173 g/mol. The van der Waals surface area contributed by atoms with Gasteiger partial charge in [0.2, 0.25) is 0 Å². The molecule has 0 fully saturated rings. The molecule has 0 unspecified atom stereocenters. The Labute approximate surface area is 79.3 Å². The van der Waals surface area contributed by atoms with Gasteiger partial charge in [0.15, 0.2) is 0 Å². The van der Waals surface area contributed by atoms with Crippen molar-refractivity contribution in [3.8, 4) is 0 Å². The summed E-state index contributed by atoms with van der Waals surface area (Å²) in [5, 5.41) is 0. The van der Waals surface area contributed by atoms with Crippen LogP contribution in [-0.4, -0.2) is 0 Å². The van der Waals surface area contributed by atoms with Crippen molar-refractivity contribution in [2.45, 2.75) is 26.2 Å². The second-order valence-electron chi connectivity index (χ2n) is 3.70. The number of hydrogen-bond donors (Lipinski definition) is 1. The van der Waals surface area contributed by atoms with Crippen molar-refractivity contribution < 1.29 is 0 Å². The summed E-state index contributed by atoms with van der Waals surface area (Å²) < 4.78 is 0. The molecule has 1 aromatic carbocycles. The maximum atomic E-state index is 5.77. The Balaban J connectivity index is 2.43. The molecule has 2 rings (SSSR count). The predicted molar refractivity (Wildman–Crippen MR) is 57.4 cm³/mol. The molecule has 2 N–H and O–H groups in total. The lowest BCUT2D eigenvalue weighted by Crippen LogP contribution is -1.90. The van der Waals surface area contributed by atoms with E-state index in [2.05, 4.69) is 25.1 Å². The van der Waals surface area contributed by atoms with Crippen LogP contribution >= 0.6 is 0 Å². The van der Waals surface area contributed by atoms with E-state index in [9.17, 15) is 0 Å². The summed E-state index contributed by atoms with van der Waals surface area (Å²) in [6.45, 7) is 2.15. The van der Waals surface area contributed by atoms with Gasteiger partial charge >= 0.3 is 0 Å².